The fourth-order valence-electron chi connectivity index (χ4n) is 1.73. The molecule has 0 aromatic carbocycles. The van der Waals surface area contributed by atoms with E-state index in [9.17, 15) is 4.79 Å². The molecule has 17 heavy (non-hydrogen) atoms. The van der Waals surface area contributed by atoms with E-state index in [2.05, 4.69) is 15.3 Å². The molecule has 2 aromatic heterocycles. The first kappa shape index (κ1) is 11.4. The van der Waals surface area contributed by atoms with Crippen LogP contribution in [-0.2, 0) is 6.54 Å². The monoisotopic (exact) mass is 229 g/mol. The molecule has 1 amide bonds. The van der Waals surface area contributed by atoms with Gasteiger partial charge in [-0.05, 0) is 32.0 Å². The minimum Gasteiger partial charge on any atom is -0.362 e. The van der Waals surface area contributed by atoms with Crippen molar-refractivity contribution in [3.8, 4) is 0 Å². The van der Waals surface area contributed by atoms with Gasteiger partial charge in [-0.25, -0.2) is 0 Å². The number of nitrogens with one attached hydrogen (secondary N) is 2. The van der Waals surface area contributed by atoms with Crippen molar-refractivity contribution in [2.75, 3.05) is 0 Å². The van der Waals surface area contributed by atoms with Crippen LogP contribution in [0.5, 0.6) is 0 Å². The number of carbonyl (C=O) groups excluding carboxylic acids is 1. The van der Waals surface area contributed by atoms with E-state index in [0.717, 1.165) is 17.1 Å². The van der Waals surface area contributed by atoms with E-state index >= 15 is 0 Å². The van der Waals surface area contributed by atoms with Crippen LogP contribution in [0, 0.1) is 13.8 Å². The van der Waals surface area contributed by atoms with Crippen LogP contribution >= 0.6 is 0 Å². The molecular formula is C13H15N3O. The summed E-state index contributed by atoms with van der Waals surface area (Å²) in [6.07, 6.45) is 1.72. The lowest BCUT2D eigenvalue weighted by Gasteiger charge is -2.03. The van der Waals surface area contributed by atoms with Crippen molar-refractivity contribution in [2.24, 2.45) is 0 Å². The zero-order valence-electron chi connectivity index (χ0n) is 9.95. The highest BCUT2D eigenvalue weighted by Gasteiger charge is 2.10. The third-order valence-electron chi connectivity index (χ3n) is 2.55. The lowest BCUT2D eigenvalue weighted by Crippen LogP contribution is -2.23. The predicted octanol–water partition coefficient (Wildman–Crippen LogP) is 1.96. The minimum absolute atomic E-state index is 0.0718. The maximum Gasteiger partial charge on any atom is 0.253 e. The number of nitrogens with zero attached hydrogens (tertiary/aromatic N) is 1. The number of rotatable bonds is 3. The van der Waals surface area contributed by atoms with Gasteiger partial charge in [-0.1, -0.05) is 6.07 Å². The van der Waals surface area contributed by atoms with Gasteiger partial charge in [0.15, 0.2) is 0 Å². The van der Waals surface area contributed by atoms with Gasteiger partial charge in [0.1, 0.15) is 0 Å². The van der Waals surface area contributed by atoms with Gasteiger partial charge in [-0.2, -0.15) is 0 Å². The molecule has 2 aromatic rings. The average Bonchev–Trinajstić information content (AvgIpc) is 2.67. The molecule has 0 aliphatic carbocycles. The number of aryl methyl sites for hydroxylation is 2. The molecule has 0 radical (unpaired) electrons. The SMILES string of the molecule is Cc1cc(C(=O)NCc2ccccn2)c(C)[nH]1. The molecule has 0 saturated heterocycles. The summed E-state index contributed by atoms with van der Waals surface area (Å²) in [6.45, 7) is 4.27. The number of hydrogen-bond acceptors (Lipinski definition) is 2. The Bertz CT molecular complexity index is 517. The van der Waals surface area contributed by atoms with E-state index < -0.39 is 0 Å². The van der Waals surface area contributed by atoms with Crippen LogP contribution in [0.15, 0.2) is 30.5 Å². The van der Waals surface area contributed by atoms with Gasteiger partial charge in [0.25, 0.3) is 5.91 Å². The van der Waals surface area contributed by atoms with Crippen molar-refractivity contribution >= 4 is 5.91 Å². The van der Waals surface area contributed by atoms with Gasteiger partial charge < -0.3 is 10.3 Å². The van der Waals surface area contributed by atoms with Crippen LogP contribution in [0.1, 0.15) is 27.4 Å². The highest BCUT2D eigenvalue weighted by molar-refractivity contribution is 5.95. The largest absolute Gasteiger partial charge is 0.362 e. The Morgan fingerprint density at radius 3 is 2.82 bits per heavy atom. The summed E-state index contributed by atoms with van der Waals surface area (Å²) in [5.41, 5.74) is 3.43. The molecule has 2 heterocycles. The highest BCUT2D eigenvalue weighted by Crippen LogP contribution is 2.09. The van der Waals surface area contributed by atoms with Gasteiger partial charge in [-0.3, -0.25) is 9.78 Å². The van der Waals surface area contributed by atoms with Crippen molar-refractivity contribution < 1.29 is 4.79 Å². The molecular weight excluding hydrogens is 214 g/mol. The average molecular weight is 229 g/mol. The molecule has 0 saturated carbocycles. The molecule has 0 spiro atoms. The summed E-state index contributed by atoms with van der Waals surface area (Å²) in [6, 6.07) is 7.49. The van der Waals surface area contributed by atoms with Crippen molar-refractivity contribution in [3.05, 3.63) is 53.1 Å². The van der Waals surface area contributed by atoms with Crippen LogP contribution in [0.25, 0.3) is 0 Å². The van der Waals surface area contributed by atoms with Gasteiger partial charge in [-0.15, -0.1) is 0 Å². The minimum atomic E-state index is -0.0718. The predicted molar refractivity (Wildman–Crippen MR) is 65.7 cm³/mol. The highest BCUT2D eigenvalue weighted by atomic mass is 16.1. The van der Waals surface area contributed by atoms with Crippen molar-refractivity contribution in [1.82, 2.24) is 15.3 Å². The lowest BCUT2D eigenvalue weighted by molar-refractivity contribution is 0.0950. The summed E-state index contributed by atoms with van der Waals surface area (Å²) < 4.78 is 0. The van der Waals surface area contributed by atoms with Crippen molar-refractivity contribution in [1.29, 1.82) is 0 Å². The summed E-state index contributed by atoms with van der Waals surface area (Å²) in [7, 11) is 0. The van der Waals surface area contributed by atoms with Gasteiger partial charge in [0.2, 0.25) is 0 Å². The number of pyridine rings is 1. The molecule has 88 valence electrons. The Balaban J connectivity index is 2.01. The van der Waals surface area contributed by atoms with Crippen molar-refractivity contribution in [2.45, 2.75) is 20.4 Å². The van der Waals surface area contributed by atoms with Crippen LogP contribution in [-0.4, -0.2) is 15.9 Å². The van der Waals surface area contributed by atoms with Gasteiger partial charge in [0, 0.05) is 17.6 Å². The van der Waals surface area contributed by atoms with Crippen LogP contribution < -0.4 is 5.32 Å². The molecule has 0 bridgehead atoms. The maximum atomic E-state index is 11.9. The van der Waals surface area contributed by atoms with Crippen LogP contribution in [0.4, 0.5) is 0 Å². The Kier molecular flexibility index (Phi) is 3.23. The molecule has 0 atom stereocenters. The number of aromatic amines is 1. The standard InChI is InChI=1S/C13H15N3O/c1-9-7-12(10(2)16-9)13(17)15-8-11-5-3-4-6-14-11/h3-7,16H,8H2,1-2H3,(H,15,17). The molecule has 2 N–H and O–H groups in total. The Hall–Kier alpha value is -2.10. The van der Waals surface area contributed by atoms with Gasteiger partial charge >= 0.3 is 0 Å². The van der Waals surface area contributed by atoms with E-state index in [0.29, 0.717) is 12.1 Å². The third kappa shape index (κ3) is 2.72. The number of carbonyl (C=O) groups is 1. The normalized spacial score (nSPS) is 10.2. The second-order valence-corrected chi connectivity index (χ2v) is 3.99. The maximum absolute atomic E-state index is 11.9. The molecule has 4 nitrogen and oxygen atoms in total. The molecule has 0 unspecified atom stereocenters. The molecule has 2 rings (SSSR count). The molecule has 0 fully saturated rings. The van der Waals surface area contributed by atoms with E-state index in [4.69, 9.17) is 0 Å². The number of H-pyrrole nitrogens is 1. The first-order valence-corrected chi connectivity index (χ1v) is 5.51. The smallest absolute Gasteiger partial charge is 0.253 e. The number of hydrogen-bond donors (Lipinski definition) is 2. The Labute approximate surface area is 100 Å². The van der Waals surface area contributed by atoms with E-state index in [1.54, 1.807) is 6.20 Å². The zero-order valence-corrected chi connectivity index (χ0v) is 9.95. The Morgan fingerprint density at radius 1 is 1.41 bits per heavy atom. The van der Waals surface area contributed by atoms with E-state index in [1.807, 2.05) is 38.1 Å². The Morgan fingerprint density at radius 2 is 2.24 bits per heavy atom. The molecule has 0 aliphatic rings. The first-order chi connectivity index (χ1) is 8.16. The first-order valence-electron chi connectivity index (χ1n) is 5.51. The fraction of sp³-hybridized carbons (Fsp3) is 0.231. The molecule has 0 aliphatic heterocycles. The topological polar surface area (TPSA) is 57.8 Å². The third-order valence-corrected chi connectivity index (χ3v) is 2.55. The molecule has 4 heteroatoms. The summed E-state index contributed by atoms with van der Waals surface area (Å²) in [5, 5.41) is 2.85. The summed E-state index contributed by atoms with van der Waals surface area (Å²) >= 11 is 0. The summed E-state index contributed by atoms with van der Waals surface area (Å²) in [5.74, 6) is -0.0718. The van der Waals surface area contributed by atoms with Crippen LogP contribution in [0.3, 0.4) is 0 Å². The van der Waals surface area contributed by atoms with Crippen molar-refractivity contribution in [3.63, 3.8) is 0 Å². The van der Waals surface area contributed by atoms with Crippen LogP contribution in [0.2, 0.25) is 0 Å². The zero-order chi connectivity index (χ0) is 12.3. The quantitative estimate of drug-likeness (QED) is 0.845. The number of amides is 1. The summed E-state index contributed by atoms with van der Waals surface area (Å²) in [4.78, 5) is 19.2. The lowest BCUT2D eigenvalue weighted by atomic mass is 10.2. The fourth-order valence-corrected chi connectivity index (χ4v) is 1.73. The number of aromatic nitrogens is 2. The second-order valence-electron chi connectivity index (χ2n) is 3.99. The van der Waals surface area contributed by atoms with E-state index in [-0.39, 0.29) is 5.91 Å². The second kappa shape index (κ2) is 4.82. The van der Waals surface area contributed by atoms with E-state index in [1.165, 1.54) is 0 Å². The van der Waals surface area contributed by atoms with Gasteiger partial charge in [0.05, 0.1) is 17.8 Å².